The van der Waals surface area contributed by atoms with E-state index < -0.39 is 10.0 Å². The van der Waals surface area contributed by atoms with Crippen LogP contribution in [0.5, 0.6) is 0 Å². The van der Waals surface area contributed by atoms with Crippen LogP contribution in [0.25, 0.3) is 5.57 Å². The highest BCUT2D eigenvalue weighted by atomic mass is 32.2. The number of nitrogens with one attached hydrogen (secondary N) is 2. The second-order valence-corrected chi connectivity index (χ2v) is 11.4. The van der Waals surface area contributed by atoms with E-state index in [1.54, 1.807) is 4.31 Å². The normalized spacial score (nSPS) is 21.6. The average Bonchev–Trinajstić information content (AvgIpc) is 3.29. The summed E-state index contributed by atoms with van der Waals surface area (Å²) in [6.07, 6.45) is 13.4. The number of allylic oxidation sites excluding steroid dienone is 2. The molecule has 1 aliphatic heterocycles. The van der Waals surface area contributed by atoms with E-state index in [9.17, 15) is 13.2 Å². The first-order valence-corrected chi connectivity index (χ1v) is 13.5. The Kier molecular flexibility index (Phi) is 7.36. The van der Waals surface area contributed by atoms with Crippen LogP contribution in [0.3, 0.4) is 0 Å². The summed E-state index contributed by atoms with van der Waals surface area (Å²) in [5.74, 6) is 2.49. The number of imidazole rings is 1. The van der Waals surface area contributed by atoms with Gasteiger partial charge in [0.15, 0.2) is 5.82 Å². The zero-order valence-electron chi connectivity index (χ0n) is 19.8. The molecule has 0 amide bonds. The van der Waals surface area contributed by atoms with Crippen LogP contribution in [-0.4, -0.2) is 53.6 Å². The highest BCUT2D eigenvalue weighted by Gasteiger charge is 2.30. The molecule has 180 valence electrons. The van der Waals surface area contributed by atoms with Crippen molar-refractivity contribution in [2.45, 2.75) is 63.8 Å². The summed E-state index contributed by atoms with van der Waals surface area (Å²) in [5.41, 5.74) is 4.23. The molecule has 2 aliphatic rings. The van der Waals surface area contributed by atoms with Crippen molar-refractivity contribution in [1.82, 2.24) is 19.6 Å². The van der Waals surface area contributed by atoms with Crippen molar-refractivity contribution >= 4 is 21.4 Å². The van der Waals surface area contributed by atoms with Gasteiger partial charge >= 0.3 is 0 Å². The molecule has 4 rings (SSSR count). The van der Waals surface area contributed by atoms with E-state index in [1.807, 2.05) is 32.0 Å². The van der Waals surface area contributed by atoms with Gasteiger partial charge in [-0.05, 0) is 61.8 Å². The summed E-state index contributed by atoms with van der Waals surface area (Å²) in [6.45, 7) is 4.95. The van der Waals surface area contributed by atoms with E-state index in [0.717, 1.165) is 42.4 Å². The lowest BCUT2D eigenvalue weighted by atomic mass is 9.88. The van der Waals surface area contributed by atoms with Crippen LogP contribution >= 0.6 is 0 Å². The number of hydrogen-bond donors (Lipinski definition) is 2. The second-order valence-electron chi connectivity index (χ2n) is 9.40. The number of H-pyrrole nitrogens is 1. The van der Waals surface area contributed by atoms with E-state index in [0.29, 0.717) is 18.8 Å². The molecule has 1 aliphatic carbocycles. The van der Waals surface area contributed by atoms with E-state index in [2.05, 4.69) is 27.3 Å². The number of benzene rings is 1. The maximum absolute atomic E-state index is 13.2. The maximum Gasteiger partial charge on any atom is 0.218 e. The van der Waals surface area contributed by atoms with Crippen molar-refractivity contribution in [3.8, 4) is 12.3 Å². The van der Waals surface area contributed by atoms with Gasteiger partial charge in [0.2, 0.25) is 15.8 Å². The number of sulfonamides is 1. The molecule has 2 atom stereocenters. The number of Topliss-reactive ketones (excluding diaryl/α,β-unsaturated/α-hetero) is 1. The predicted octanol–water partition coefficient (Wildman–Crippen LogP) is 3.29. The summed E-state index contributed by atoms with van der Waals surface area (Å²) in [6, 6.07) is 5.91. The van der Waals surface area contributed by atoms with Gasteiger partial charge < -0.3 is 10.3 Å². The zero-order chi connectivity index (χ0) is 24.3. The number of carbonyl (C=O) groups excluding carboxylic acids is 1. The Bertz CT molecular complexity index is 1230. The fraction of sp³-hybridized carbons (Fsp3) is 0.462. The standard InChI is InChI=1S/C26H32N4O3S/c1-4-23-14-27-26(29-23)25(31)13-22-11-10-20(12-24(22)21-8-6-5-7-9-21)17-34(32,33)30-15-18(2)28-19(3)16-30/h1,8,10-12,14,18-19,28H,5-7,9,13,15-17H2,2-3H3,(H,27,29)/t18-,19+. The van der Waals surface area contributed by atoms with Crippen molar-refractivity contribution in [3.05, 3.63) is 58.7 Å². The molecule has 0 spiro atoms. The molecule has 2 N–H and O–H groups in total. The fourth-order valence-corrected chi connectivity index (χ4v) is 6.53. The van der Waals surface area contributed by atoms with Gasteiger partial charge in [-0.1, -0.05) is 30.2 Å². The highest BCUT2D eigenvalue weighted by Crippen LogP contribution is 2.31. The summed E-state index contributed by atoms with van der Waals surface area (Å²) < 4.78 is 28.0. The SMILES string of the molecule is C#Cc1cnc(C(=O)Cc2ccc(CS(=O)(=O)N3C[C@@H](C)N[C@@H](C)C3)cc2C2=CCCCC2)[nH]1. The first-order chi connectivity index (χ1) is 16.2. The third-order valence-corrected chi connectivity index (χ3v) is 8.21. The first kappa shape index (κ1) is 24.4. The first-order valence-electron chi connectivity index (χ1n) is 11.8. The van der Waals surface area contributed by atoms with E-state index >= 15 is 0 Å². The van der Waals surface area contributed by atoms with Crippen LogP contribution in [0.1, 0.15) is 72.5 Å². The molecule has 7 nitrogen and oxygen atoms in total. The number of ketones is 1. The van der Waals surface area contributed by atoms with Crippen molar-refractivity contribution in [3.63, 3.8) is 0 Å². The molecule has 0 bridgehead atoms. The van der Waals surface area contributed by atoms with E-state index in [-0.39, 0.29) is 35.9 Å². The molecule has 2 aromatic rings. The van der Waals surface area contributed by atoms with Crippen LogP contribution in [-0.2, 0) is 22.2 Å². The number of aromatic amines is 1. The number of terminal acetylenes is 1. The molecule has 2 heterocycles. The molecule has 1 saturated heterocycles. The van der Waals surface area contributed by atoms with Gasteiger partial charge in [0.1, 0.15) is 5.69 Å². The number of hydrogen-bond acceptors (Lipinski definition) is 5. The van der Waals surface area contributed by atoms with Crippen LogP contribution in [0, 0.1) is 12.3 Å². The Morgan fingerprint density at radius 1 is 1.24 bits per heavy atom. The smallest absolute Gasteiger partial charge is 0.218 e. The third-order valence-electron chi connectivity index (χ3n) is 6.42. The topological polar surface area (TPSA) is 95.2 Å². The quantitative estimate of drug-likeness (QED) is 0.468. The van der Waals surface area contributed by atoms with Crippen molar-refractivity contribution in [1.29, 1.82) is 0 Å². The minimum absolute atomic E-state index is 0.0509. The maximum atomic E-state index is 13.2. The fourth-order valence-electron chi connectivity index (χ4n) is 4.85. The average molecular weight is 481 g/mol. The molecular weight excluding hydrogens is 448 g/mol. The number of rotatable bonds is 7. The van der Waals surface area contributed by atoms with Crippen molar-refractivity contribution in [2.24, 2.45) is 0 Å². The Morgan fingerprint density at radius 3 is 2.65 bits per heavy atom. The van der Waals surface area contributed by atoms with Crippen molar-refractivity contribution < 1.29 is 13.2 Å². The summed E-state index contributed by atoms with van der Waals surface area (Å²) in [4.78, 5) is 19.8. The summed E-state index contributed by atoms with van der Waals surface area (Å²) in [5, 5.41) is 3.38. The van der Waals surface area contributed by atoms with Crippen molar-refractivity contribution in [2.75, 3.05) is 13.1 Å². The van der Waals surface area contributed by atoms with Gasteiger partial charge in [0, 0.05) is 31.6 Å². The largest absolute Gasteiger partial charge is 0.329 e. The summed E-state index contributed by atoms with van der Waals surface area (Å²) in [7, 11) is -3.46. The molecule has 0 radical (unpaired) electrons. The molecule has 1 aromatic heterocycles. The highest BCUT2D eigenvalue weighted by molar-refractivity contribution is 7.88. The monoisotopic (exact) mass is 480 g/mol. The molecule has 0 saturated carbocycles. The molecule has 34 heavy (non-hydrogen) atoms. The minimum atomic E-state index is -3.46. The van der Waals surface area contributed by atoms with E-state index in [4.69, 9.17) is 6.42 Å². The lowest BCUT2D eigenvalue weighted by Crippen LogP contribution is -2.55. The predicted molar refractivity (Wildman–Crippen MR) is 134 cm³/mol. The number of aromatic nitrogens is 2. The lowest BCUT2D eigenvalue weighted by Gasteiger charge is -2.35. The van der Waals surface area contributed by atoms with Gasteiger partial charge in [0.05, 0.1) is 11.9 Å². The third kappa shape index (κ3) is 5.66. The molecule has 8 heteroatoms. The number of piperazine rings is 1. The molecule has 0 unspecified atom stereocenters. The zero-order valence-corrected chi connectivity index (χ0v) is 20.6. The lowest BCUT2D eigenvalue weighted by molar-refractivity contribution is 0.0984. The van der Waals surface area contributed by atoms with E-state index in [1.165, 1.54) is 11.8 Å². The van der Waals surface area contributed by atoms with Crippen LogP contribution < -0.4 is 5.32 Å². The Labute approximate surface area is 202 Å². The molecular formula is C26H32N4O3S. The molecule has 1 fully saturated rings. The molecule has 1 aromatic carbocycles. The van der Waals surface area contributed by atoms with Gasteiger partial charge in [-0.25, -0.2) is 13.4 Å². The minimum Gasteiger partial charge on any atom is -0.329 e. The van der Waals surface area contributed by atoms with Gasteiger partial charge in [-0.3, -0.25) is 4.79 Å². The Hall–Kier alpha value is -2.73. The van der Waals surface area contributed by atoms with Gasteiger partial charge in [-0.15, -0.1) is 6.42 Å². The van der Waals surface area contributed by atoms with Crippen LogP contribution in [0.2, 0.25) is 0 Å². The second kappa shape index (κ2) is 10.3. The Morgan fingerprint density at radius 2 is 2.00 bits per heavy atom. The van der Waals surface area contributed by atoms with Gasteiger partial charge in [-0.2, -0.15) is 4.31 Å². The van der Waals surface area contributed by atoms with Crippen LogP contribution in [0.4, 0.5) is 0 Å². The number of nitrogens with zero attached hydrogens (tertiary/aromatic N) is 2. The van der Waals surface area contributed by atoms with Crippen LogP contribution in [0.15, 0.2) is 30.5 Å². The summed E-state index contributed by atoms with van der Waals surface area (Å²) >= 11 is 0. The van der Waals surface area contributed by atoms with Gasteiger partial charge in [0.25, 0.3) is 0 Å². The number of carbonyl (C=O) groups is 1. The Balaban J connectivity index is 1.61.